The van der Waals surface area contributed by atoms with Crippen LogP contribution in [0.4, 0.5) is 5.69 Å². The van der Waals surface area contributed by atoms with Crippen LogP contribution in [0, 0.1) is 0 Å². The summed E-state index contributed by atoms with van der Waals surface area (Å²) in [4.78, 5) is 17.4. The first-order valence-electron chi connectivity index (χ1n) is 6.49. The molecule has 1 aromatic heterocycles. The molecule has 1 amide bonds. The van der Waals surface area contributed by atoms with Crippen LogP contribution < -0.4 is 5.73 Å². The van der Waals surface area contributed by atoms with Crippen LogP contribution in [0.15, 0.2) is 24.4 Å². The lowest BCUT2D eigenvalue weighted by molar-refractivity contribution is 0.0679. The van der Waals surface area contributed by atoms with Crippen molar-refractivity contribution in [1.82, 2.24) is 9.88 Å². The smallest absolute Gasteiger partial charge is 0.256 e. The molecule has 1 aliphatic heterocycles. The van der Waals surface area contributed by atoms with Gasteiger partial charge in [0, 0.05) is 29.3 Å². The van der Waals surface area contributed by atoms with Gasteiger partial charge in [0.05, 0.1) is 18.2 Å². The average molecular weight is 259 g/mol. The first-order valence-corrected chi connectivity index (χ1v) is 6.49. The summed E-state index contributed by atoms with van der Waals surface area (Å²) >= 11 is 0. The van der Waals surface area contributed by atoms with Gasteiger partial charge in [-0.1, -0.05) is 0 Å². The van der Waals surface area contributed by atoms with Gasteiger partial charge in [-0.25, -0.2) is 0 Å². The Bertz CT molecular complexity index is 620. The first-order chi connectivity index (χ1) is 9.20. The number of nitrogens with one attached hydrogen (secondary N) is 1. The van der Waals surface area contributed by atoms with Crippen molar-refractivity contribution in [2.75, 3.05) is 18.9 Å². The van der Waals surface area contributed by atoms with E-state index in [1.165, 1.54) is 0 Å². The Morgan fingerprint density at radius 3 is 3.16 bits per heavy atom. The van der Waals surface area contributed by atoms with Gasteiger partial charge < -0.3 is 20.7 Å². The largest absolute Gasteiger partial charge is 0.399 e. The molecular formula is C14H17N3O2. The van der Waals surface area contributed by atoms with E-state index in [9.17, 15) is 9.90 Å². The van der Waals surface area contributed by atoms with Gasteiger partial charge in [-0.15, -0.1) is 0 Å². The molecule has 2 aromatic rings. The second kappa shape index (κ2) is 4.59. The number of aromatic amines is 1. The standard InChI is InChI=1S/C14H17N3O2/c15-9-3-4-11-12(7-16-13(11)6-9)14(19)17-5-1-2-10(17)8-18/h3-4,6-7,10,16,18H,1-2,5,8,15H2/t10-/m0/s1. The van der Waals surface area contributed by atoms with Gasteiger partial charge in [0.15, 0.2) is 0 Å². The Hall–Kier alpha value is -2.01. The fourth-order valence-corrected chi connectivity index (χ4v) is 2.77. The Balaban J connectivity index is 1.98. The molecule has 0 bridgehead atoms. The quantitative estimate of drug-likeness (QED) is 0.712. The molecule has 5 heteroatoms. The number of carbonyl (C=O) groups excluding carboxylic acids is 1. The van der Waals surface area contributed by atoms with Gasteiger partial charge in [-0.05, 0) is 31.0 Å². The average Bonchev–Trinajstić information content (AvgIpc) is 3.03. The van der Waals surface area contributed by atoms with E-state index < -0.39 is 0 Å². The number of carbonyl (C=O) groups is 1. The molecule has 0 radical (unpaired) electrons. The molecule has 1 aliphatic rings. The third-order valence-corrected chi connectivity index (χ3v) is 3.78. The second-order valence-electron chi connectivity index (χ2n) is 4.98. The molecule has 0 saturated carbocycles. The molecule has 1 atom stereocenters. The Morgan fingerprint density at radius 1 is 1.53 bits per heavy atom. The summed E-state index contributed by atoms with van der Waals surface area (Å²) in [6, 6.07) is 5.42. The number of anilines is 1. The molecule has 3 rings (SSSR count). The predicted octanol–water partition coefficient (Wildman–Crippen LogP) is 1.35. The minimum absolute atomic E-state index is 0.0208. The molecule has 19 heavy (non-hydrogen) atoms. The zero-order valence-corrected chi connectivity index (χ0v) is 10.6. The van der Waals surface area contributed by atoms with Crippen molar-refractivity contribution in [3.05, 3.63) is 30.0 Å². The van der Waals surface area contributed by atoms with Crippen LogP contribution >= 0.6 is 0 Å². The van der Waals surface area contributed by atoms with E-state index >= 15 is 0 Å². The van der Waals surface area contributed by atoms with Crippen LogP contribution in [0.3, 0.4) is 0 Å². The van der Waals surface area contributed by atoms with E-state index in [1.54, 1.807) is 17.2 Å². The molecule has 100 valence electrons. The number of hydrogen-bond donors (Lipinski definition) is 3. The zero-order chi connectivity index (χ0) is 13.4. The molecule has 1 saturated heterocycles. The van der Waals surface area contributed by atoms with E-state index in [1.807, 2.05) is 12.1 Å². The topological polar surface area (TPSA) is 82.3 Å². The number of aromatic nitrogens is 1. The third kappa shape index (κ3) is 1.96. The maximum absolute atomic E-state index is 12.5. The minimum Gasteiger partial charge on any atom is -0.399 e. The molecular weight excluding hydrogens is 242 g/mol. The summed E-state index contributed by atoms with van der Waals surface area (Å²) in [6.45, 7) is 0.743. The number of nitrogens with two attached hydrogens (primary N) is 1. The van der Waals surface area contributed by atoms with Gasteiger partial charge in [0.25, 0.3) is 5.91 Å². The number of H-pyrrole nitrogens is 1. The highest BCUT2D eigenvalue weighted by molar-refractivity contribution is 6.07. The SMILES string of the molecule is Nc1ccc2c(C(=O)N3CCC[C@H]3CO)c[nH]c2c1. The highest BCUT2D eigenvalue weighted by Gasteiger charge is 2.29. The lowest BCUT2D eigenvalue weighted by Gasteiger charge is -2.22. The van der Waals surface area contributed by atoms with Crippen molar-refractivity contribution in [2.45, 2.75) is 18.9 Å². The van der Waals surface area contributed by atoms with Gasteiger partial charge >= 0.3 is 0 Å². The van der Waals surface area contributed by atoms with Crippen LogP contribution in [0.25, 0.3) is 10.9 Å². The molecule has 2 heterocycles. The van der Waals surface area contributed by atoms with Crippen LogP contribution in [0.1, 0.15) is 23.2 Å². The van der Waals surface area contributed by atoms with Crippen molar-refractivity contribution >= 4 is 22.5 Å². The first kappa shape index (κ1) is 12.0. The number of likely N-dealkylation sites (tertiary alicyclic amines) is 1. The number of benzene rings is 1. The van der Waals surface area contributed by atoms with Crippen LogP contribution in [-0.2, 0) is 0 Å². The molecule has 0 unspecified atom stereocenters. The maximum Gasteiger partial charge on any atom is 0.256 e. The summed E-state index contributed by atoms with van der Waals surface area (Å²) in [6.07, 6.45) is 3.54. The van der Waals surface area contributed by atoms with Gasteiger partial charge in [0.2, 0.25) is 0 Å². The number of nitrogen functional groups attached to an aromatic ring is 1. The molecule has 0 spiro atoms. The van der Waals surface area contributed by atoms with E-state index in [-0.39, 0.29) is 18.6 Å². The predicted molar refractivity (Wildman–Crippen MR) is 73.9 cm³/mol. The summed E-state index contributed by atoms with van der Waals surface area (Å²) in [7, 11) is 0. The van der Waals surface area contributed by atoms with Crippen molar-refractivity contribution in [3.63, 3.8) is 0 Å². The van der Waals surface area contributed by atoms with E-state index in [0.717, 1.165) is 23.7 Å². The minimum atomic E-state index is -0.0498. The fourth-order valence-electron chi connectivity index (χ4n) is 2.77. The highest BCUT2D eigenvalue weighted by atomic mass is 16.3. The second-order valence-corrected chi connectivity index (χ2v) is 4.98. The van der Waals surface area contributed by atoms with Gasteiger partial charge in [0.1, 0.15) is 0 Å². The molecule has 1 aromatic carbocycles. The van der Waals surface area contributed by atoms with Gasteiger partial charge in [-0.2, -0.15) is 0 Å². The summed E-state index contributed by atoms with van der Waals surface area (Å²) in [5.41, 5.74) is 7.91. The molecule has 4 N–H and O–H groups in total. The Kier molecular flexibility index (Phi) is 2.91. The van der Waals surface area contributed by atoms with Crippen molar-refractivity contribution in [2.24, 2.45) is 0 Å². The van der Waals surface area contributed by atoms with Gasteiger partial charge in [-0.3, -0.25) is 4.79 Å². The molecule has 0 aliphatic carbocycles. The zero-order valence-electron chi connectivity index (χ0n) is 10.6. The third-order valence-electron chi connectivity index (χ3n) is 3.78. The summed E-state index contributed by atoms with van der Waals surface area (Å²) < 4.78 is 0. The van der Waals surface area contributed by atoms with Crippen molar-refractivity contribution in [1.29, 1.82) is 0 Å². The normalized spacial score (nSPS) is 19.2. The number of fused-ring (bicyclic) bond motifs is 1. The maximum atomic E-state index is 12.5. The lowest BCUT2D eigenvalue weighted by atomic mass is 10.1. The Labute approximate surface area is 111 Å². The van der Waals surface area contributed by atoms with E-state index in [0.29, 0.717) is 17.8 Å². The van der Waals surface area contributed by atoms with Crippen LogP contribution in [0.2, 0.25) is 0 Å². The molecule has 1 fully saturated rings. The number of aliphatic hydroxyl groups is 1. The van der Waals surface area contributed by atoms with Crippen LogP contribution in [-0.4, -0.2) is 40.1 Å². The number of nitrogens with zero attached hydrogens (tertiary/aromatic N) is 1. The number of hydrogen-bond acceptors (Lipinski definition) is 3. The lowest BCUT2D eigenvalue weighted by Crippen LogP contribution is -2.37. The van der Waals surface area contributed by atoms with Crippen LogP contribution in [0.5, 0.6) is 0 Å². The fraction of sp³-hybridized carbons (Fsp3) is 0.357. The monoisotopic (exact) mass is 259 g/mol. The Morgan fingerprint density at radius 2 is 2.37 bits per heavy atom. The summed E-state index contributed by atoms with van der Waals surface area (Å²) in [5, 5.41) is 10.2. The van der Waals surface area contributed by atoms with E-state index in [4.69, 9.17) is 5.73 Å². The number of aliphatic hydroxyl groups excluding tert-OH is 1. The van der Waals surface area contributed by atoms with Crippen molar-refractivity contribution < 1.29 is 9.90 Å². The number of rotatable bonds is 2. The number of amides is 1. The highest BCUT2D eigenvalue weighted by Crippen LogP contribution is 2.25. The molecule has 5 nitrogen and oxygen atoms in total. The summed E-state index contributed by atoms with van der Waals surface area (Å²) in [5.74, 6) is -0.0208. The van der Waals surface area contributed by atoms with Crippen molar-refractivity contribution in [3.8, 4) is 0 Å². The van der Waals surface area contributed by atoms with E-state index in [2.05, 4.69) is 4.98 Å².